The minimum Gasteiger partial charge on any atom is -0.507 e. The van der Waals surface area contributed by atoms with Crippen LogP contribution in [0, 0.1) is 5.82 Å². The first kappa shape index (κ1) is 12.2. The van der Waals surface area contributed by atoms with Gasteiger partial charge in [0.1, 0.15) is 17.1 Å². The summed E-state index contributed by atoms with van der Waals surface area (Å²) in [5.74, 6) is -2.33. The average Bonchev–Trinajstić information content (AvgIpc) is 2.16. The van der Waals surface area contributed by atoms with Crippen LogP contribution < -0.4 is 5.32 Å². The summed E-state index contributed by atoms with van der Waals surface area (Å²) in [6.45, 7) is 2.80. The lowest BCUT2D eigenvalue weighted by Gasteiger charge is -2.11. The fourth-order valence-corrected chi connectivity index (χ4v) is 1.11. The summed E-state index contributed by atoms with van der Waals surface area (Å²) in [5.41, 5.74) is -0.449. The molecule has 1 rings (SSSR count). The Hall–Kier alpha value is -1.91. The molecule has 1 atom stereocenters. The molecule has 0 saturated heterocycles. The van der Waals surface area contributed by atoms with Crippen LogP contribution >= 0.6 is 0 Å². The van der Waals surface area contributed by atoms with Crippen molar-refractivity contribution in [2.45, 2.75) is 19.9 Å². The van der Waals surface area contributed by atoms with E-state index < -0.39 is 29.1 Å². The highest BCUT2D eigenvalue weighted by Gasteiger charge is 2.19. The summed E-state index contributed by atoms with van der Waals surface area (Å²) < 4.78 is 13.2. The maximum absolute atomic E-state index is 13.2. The highest BCUT2D eigenvalue weighted by Crippen LogP contribution is 2.19. The number of nitrogens with one attached hydrogen (secondary N) is 1. The number of carbonyl (C=O) groups is 2. The van der Waals surface area contributed by atoms with Gasteiger partial charge >= 0.3 is 0 Å². The molecule has 0 aliphatic heterocycles. The maximum Gasteiger partial charge on any atom is 0.258 e. The Labute approximate surface area is 92.1 Å². The van der Waals surface area contributed by atoms with Crippen LogP contribution in [0.1, 0.15) is 24.2 Å². The second kappa shape index (κ2) is 4.74. The third-order valence-corrected chi connectivity index (χ3v) is 2.18. The van der Waals surface area contributed by atoms with Gasteiger partial charge in [-0.05, 0) is 26.0 Å². The average molecular weight is 225 g/mol. The third-order valence-electron chi connectivity index (χ3n) is 2.18. The van der Waals surface area contributed by atoms with Crippen LogP contribution in [0.4, 0.5) is 4.39 Å². The summed E-state index contributed by atoms with van der Waals surface area (Å²) in [5, 5.41) is 11.6. The van der Waals surface area contributed by atoms with Crippen molar-refractivity contribution in [3.05, 3.63) is 29.6 Å². The standard InChI is InChI=1S/C11H12FNO3/c1-6(7(2)14)13-11(16)10-8(12)4-3-5-9(10)15/h3-6,15H,1-2H3,(H,13,16). The zero-order chi connectivity index (χ0) is 12.3. The van der Waals surface area contributed by atoms with Gasteiger partial charge < -0.3 is 10.4 Å². The summed E-state index contributed by atoms with van der Waals surface area (Å²) in [6.07, 6.45) is 0. The van der Waals surface area contributed by atoms with Crippen molar-refractivity contribution in [3.63, 3.8) is 0 Å². The molecule has 5 heteroatoms. The first-order chi connectivity index (χ1) is 7.43. The molecule has 2 N–H and O–H groups in total. The first-order valence-electron chi connectivity index (χ1n) is 4.72. The van der Waals surface area contributed by atoms with Gasteiger partial charge in [-0.3, -0.25) is 9.59 Å². The molecule has 0 aromatic heterocycles. The molecule has 0 radical (unpaired) electrons. The van der Waals surface area contributed by atoms with E-state index in [-0.39, 0.29) is 5.78 Å². The van der Waals surface area contributed by atoms with Gasteiger partial charge in [0.25, 0.3) is 5.91 Å². The van der Waals surface area contributed by atoms with E-state index in [1.54, 1.807) is 0 Å². The molecule has 0 aliphatic rings. The van der Waals surface area contributed by atoms with Crippen LogP contribution in [0.2, 0.25) is 0 Å². The number of carbonyl (C=O) groups excluding carboxylic acids is 2. The maximum atomic E-state index is 13.2. The molecule has 0 spiro atoms. The number of phenolic OH excluding ortho intramolecular Hbond substituents is 1. The van der Waals surface area contributed by atoms with E-state index in [1.165, 1.54) is 26.0 Å². The Kier molecular flexibility index (Phi) is 3.60. The monoisotopic (exact) mass is 225 g/mol. The molecule has 0 bridgehead atoms. The van der Waals surface area contributed by atoms with E-state index in [0.717, 1.165) is 6.07 Å². The number of hydrogen-bond acceptors (Lipinski definition) is 3. The molecule has 0 aliphatic carbocycles. The van der Waals surface area contributed by atoms with Gasteiger partial charge in [0.2, 0.25) is 0 Å². The Morgan fingerprint density at radius 3 is 2.56 bits per heavy atom. The quantitative estimate of drug-likeness (QED) is 0.813. The topological polar surface area (TPSA) is 66.4 Å². The van der Waals surface area contributed by atoms with Gasteiger partial charge in [-0.2, -0.15) is 0 Å². The smallest absolute Gasteiger partial charge is 0.258 e. The SMILES string of the molecule is CC(=O)C(C)NC(=O)c1c(O)cccc1F. The highest BCUT2D eigenvalue weighted by atomic mass is 19.1. The van der Waals surface area contributed by atoms with Crippen LogP contribution in [-0.4, -0.2) is 22.8 Å². The number of amides is 1. The number of hydrogen-bond donors (Lipinski definition) is 2. The number of phenols is 1. The summed E-state index contributed by atoms with van der Waals surface area (Å²) in [7, 11) is 0. The zero-order valence-corrected chi connectivity index (χ0v) is 8.95. The Morgan fingerprint density at radius 2 is 2.06 bits per heavy atom. The second-order valence-corrected chi connectivity index (χ2v) is 3.44. The molecule has 1 aromatic carbocycles. The Bertz CT molecular complexity index is 411. The molecule has 0 fully saturated rings. The van der Waals surface area contributed by atoms with E-state index in [4.69, 9.17) is 0 Å². The van der Waals surface area contributed by atoms with E-state index in [0.29, 0.717) is 0 Å². The van der Waals surface area contributed by atoms with E-state index in [2.05, 4.69) is 5.32 Å². The molecule has 0 heterocycles. The summed E-state index contributed by atoms with van der Waals surface area (Å²) in [4.78, 5) is 22.4. The van der Waals surface area contributed by atoms with Gasteiger partial charge in [0.15, 0.2) is 5.78 Å². The molecular weight excluding hydrogens is 213 g/mol. The number of benzene rings is 1. The summed E-state index contributed by atoms with van der Waals surface area (Å²) in [6, 6.07) is 2.84. The van der Waals surface area contributed by atoms with Gasteiger partial charge in [0.05, 0.1) is 6.04 Å². The lowest BCUT2D eigenvalue weighted by molar-refractivity contribution is -0.118. The van der Waals surface area contributed by atoms with E-state index >= 15 is 0 Å². The summed E-state index contributed by atoms with van der Waals surface area (Å²) >= 11 is 0. The van der Waals surface area contributed by atoms with Crippen LogP contribution in [0.3, 0.4) is 0 Å². The normalized spacial score (nSPS) is 11.9. The number of Topliss-reactive ketones (excluding diaryl/α,β-unsaturated/α-hetero) is 1. The Balaban J connectivity index is 2.93. The fraction of sp³-hybridized carbons (Fsp3) is 0.273. The predicted octanol–water partition coefficient (Wildman–Crippen LogP) is 1.24. The molecule has 1 unspecified atom stereocenters. The van der Waals surface area contributed by atoms with Crippen LogP contribution in [0.5, 0.6) is 5.75 Å². The van der Waals surface area contributed by atoms with Gasteiger partial charge in [-0.1, -0.05) is 6.07 Å². The number of ketones is 1. The minimum absolute atomic E-state index is 0.246. The molecule has 16 heavy (non-hydrogen) atoms. The lowest BCUT2D eigenvalue weighted by atomic mass is 10.1. The van der Waals surface area contributed by atoms with Gasteiger partial charge in [-0.15, -0.1) is 0 Å². The van der Waals surface area contributed by atoms with Crippen molar-refractivity contribution in [3.8, 4) is 5.75 Å². The van der Waals surface area contributed by atoms with Gasteiger partial charge in [-0.25, -0.2) is 4.39 Å². The third kappa shape index (κ3) is 2.56. The lowest BCUT2D eigenvalue weighted by Crippen LogP contribution is -2.37. The van der Waals surface area contributed by atoms with Crippen molar-refractivity contribution in [1.82, 2.24) is 5.32 Å². The van der Waals surface area contributed by atoms with Gasteiger partial charge in [0, 0.05) is 0 Å². The molecule has 1 amide bonds. The van der Waals surface area contributed by atoms with Crippen molar-refractivity contribution in [2.75, 3.05) is 0 Å². The molecule has 86 valence electrons. The molecule has 1 aromatic rings. The molecular formula is C11H12FNO3. The van der Waals surface area contributed by atoms with Crippen LogP contribution in [-0.2, 0) is 4.79 Å². The van der Waals surface area contributed by atoms with Crippen molar-refractivity contribution >= 4 is 11.7 Å². The zero-order valence-electron chi connectivity index (χ0n) is 8.95. The fourth-order valence-electron chi connectivity index (χ4n) is 1.11. The van der Waals surface area contributed by atoms with Crippen molar-refractivity contribution in [1.29, 1.82) is 0 Å². The second-order valence-electron chi connectivity index (χ2n) is 3.44. The first-order valence-corrected chi connectivity index (χ1v) is 4.72. The largest absolute Gasteiger partial charge is 0.507 e. The molecule has 4 nitrogen and oxygen atoms in total. The minimum atomic E-state index is -0.826. The Morgan fingerprint density at radius 1 is 1.44 bits per heavy atom. The van der Waals surface area contributed by atoms with Crippen molar-refractivity contribution in [2.24, 2.45) is 0 Å². The number of aromatic hydroxyl groups is 1. The van der Waals surface area contributed by atoms with Crippen molar-refractivity contribution < 1.29 is 19.1 Å². The van der Waals surface area contributed by atoms with E-state index in [9.17, 15) is 19.1 Å². The molecule has 0 saturated carbocycles. The van der Waals surface area contributed by atoms with Crippen LogP contribution in [0.15, 0.2) is 18.2 Å². The number of rotatable bonds is 3. The van der Waals surface area contributed by atoms with Crippen LogP contribution in [0.25, 0.3) is 0 Å². The highest BCUT2D eigenvalue weighted by molar-refractivity contribution is 5.99. The predicted molar refractivity (Wildman–Crippen MR) is 55.7 cm³/mol. The van der Waals surface area contributed by atoms with E-state index in [1.807, 2.05) is 0 Å². The number of halogens is 1.